The van der Waals surface area contributed by atoms with Crippen LogP contribution in [0.4, 0.5) is 0 Å². The van der Waals surface area contributed by atoms with Crippen LogP contribution in [0.15, 0.2) is 0 Å². The Hall–Kier alpha value is -0.0800. The van der Waals surface area contributed by atoms with E-state index >= 15 is 0 Å². The van der Waals surface area contributed by atoms with Gasteiger partial charge in [-0.05, 0) is 69.5 Å². The first kappa shape index (κ1) is 14.3. The van der Waals surface area contributed by atoms with Crippen molar-refractivity contribution in [2.75, 3.05) is 26.2 Å². The molecule has 0 aromatic rings. The van der Waals surface area contributed by atoms with Crippen molar-refractivity contribution >= 4 is 0 Å². The molecule has 2 nitrogen and oxygen atoms in total. The van der Waals surface area contributed by atoms with Gasteiger partial charge in [0.2, 0.25) is 0 Å². The van der Waals surface area contributed by atoms with Gasteiger partial charge in [-0.3, -0.25) is 0 Å². The van der Waals surface area contributed by atoms with Crippen molar-refractivity contribution in [3.05, 3.63) is 0 Å². The first-order chi connectivity index (χ1) is 8.65. The lowest BCUT2D eigenvalue weighted by Gasteiger charge is -2.33. The van der Waals surface area contributed by atoms with Crippen LogP contribution in [0.3, 0.4) is 0 Å². The highest BCUT2D eigenvalue weighted by atomic mass is 15.1. The standard InChI is InChI=1S/C16H32N2/c1-13(12-18-8-4-5-9-18)11-17-16-7-6-14(2)15(3)10-16/h13-17H,4-12H2,1-3H3. The summed E-state index contributed by atoms with van der Waals surface area (Å²) >= 11 is 0. The van der Waals surface area contributed by atoms with E-state index in [0.717, 1.165) is 23.8 Å². The Morgan fingerprint density at radius 1 is 1.11 bits per heavy atom. The van der Waals surface area contributed by atoms with Gasteiger partial charge in [-0.1, -0.05) is 20.8 Å². The fraction of sp³-hybridized carbons (Fsp3) is 1.00. The molecule has 1 N–H and O–H groups in total. The summed E-state index contributed by atoms with van der Waals surface area (Å²) in [5.41, 5.74) is 0. The molecular formula is C16H32N2. The van der Waals surface area contributed by atoms with Gasteiger partial charge < -0.3 is 10.2 Å². The van der Waals surface area contributed by atoms with Crippen LogP contribution in [0.25, 0.3) is 0 Å². The first-order valence-corrected chi connectivity index (χ1v) is 8.11. The minimum absolute atomic E-state index is 0.789. The molecule has 2 aliphatic rings. The maximum absolute atomic E-state index is 3.82. The van der Waals surface area contributed by atoms with E-state index in [9.17, 15) is 0 Å². The van der Waals surface area contributed by atoms with E-state index < -0.39 is 0 Å². The summed E-state index contributed by atoms with van der Waals surface area (Å²) in [6.45, 7) is 12.4. The first-order valence-electron chi connectivity index (χ1n) is 8.11. The van der Waals surface area contributed by atoms with Crippen molar-refractivity contribution in [2.45, 2.75) is 58.9 Å². The van der Waals surface area contributed by atoms with E-state index in [-0.39, 0.29) is 0 Å². The van der Waals surface area contributed by atoms with Gasteiger partial charge in [-0.2, -0.15) is 0 Å². The fourth-order valence-electron chi connectivity index (χ4n) is 3.57. The predicted molar refractivity (Wildman–Crippen MR) is 78.8 cm³/mol. The molecule has 2 fully saturated rings. The highest BCUT2D eigenvalue weighted by molar-refractivity contribution is 4.80. The van der Waals surface area contributed by atoms with Gasteiger partial charge in [-0.15, -0.1) is 0 Å². The van der Waals surface area contributed by atoms with Crippen molar-refractivity contribution in [3.8, 4) is 0 Å². The molecule has 0 radical (unpaired) electrons. The van der Waals surface area contributed by atoms with Crippen LogP contribution in [-0.4, -0.2) is 37.1 Å². The molecule has 1 heterocycles. The van der Waals surface area contributed by atoms with E-state index in [2.05, 4.69) is 31.0 Å². The zero-order chi connectivity index (χ0) is 13.0. The summed E-state index contributed by atoms with van der Waals surface area (Å²) in [7, 11) is 0. The molecule has 4 atom stereocenters. The lowest BCUT2D eigenvalue weighted by atomic mass is 9.79. The fourth-order valence-corrected chi connectivity index (χ4v) is 3.57. The molecule has 1 saturated carbocycles. The summed E-state index contributed by atoms with van der Waals surface area (Å²) in [5, 5.41) is 3.82. The van der Waals surface area contributed by atoms with Gasteiger partial charge in [0.25, 0.3) is 0 Å². The third-order valence-electron chi connectivity index (χ3n) is 5.12. The van der Waals surface area contributed by atoms with Crippen LogP contribution in [-0.2, 0) is 0 Å². The molecule has 2 heteroatoms. The topological polar surface area (TPSA) is 15.3 Å². The molecule has 0 bridgehead atoms. The number of rotatable bonds is 5. The molecule has 106 valence electrons. The summed E-state index contributed by atoms with van der Waals surface area (Å²) in [4.78, 5) is 2.64. The monoisotopic (exact) mass is 252 g/mol. The molecule has 2 rings (SSSR count). The van der Waals surface area contributed by atoms with Gasteiger partial charge in [0.1, 0.15) is 0 Å². The largest absolute Gasteiger partial charge is 0.314 e. The highest BCUT2D eigenvalue weighted by Gasteiger charge is 2.24. The molecule has 18 heavy (non-hydrogen) atoms. The SMILES string of the molecule is CC(CNC1CCC(C)C(C)C1)CN1CCCC1. The Labute approximate surface area is 114 Å². The van der Waals surface area contributed by atoms with Crippen molar-refractivity contribution in [2.24, 2.45) is 17.8 Å². The second kappa shape index (κ2) is 6.91. The molecular weight excluding hydrogens is 220 g/mol. The van der Waals surface area contributed by atoms with Crippen LogP contribution in [0, 0.1) is 17.8 Å². The van der Waals surface area contributed by atoms with Crippen molar-refractivity contribution < 1.29 is 0 Å². The van der Waals surface area contributed by atoms with Crippen LogP contribution < -0.4 is 5.32 Å². The quantitative estimate of drug-likeness (QED) is 0.809. The number of hydrogen-bond acceptors (Lipinski definition) is 2. The van der Waals surface area contributed by atoms with E-state index in [1.807, 2.05) is 0 Å². The van der Waals surface area contributed by atoms with E-state index in [0.29, 0.717) is 0 Å². The van der Waals surface area contributed by atoms with Gasteiger partial charge >= 0.3 is 0 Å². The lowest BCUT2D eigenvalue weighted by Crippen LogP contribution is -2.40. The van der Waals surface area contributed by atoms with E-state index in [1.165, 1.54) is 58.3 Å². The van der Waals surface area contributed by atoms with Gasteiger partial charge in [0.15, 0.2) is 0 Å². The lowest BCUT2D eigenvalue weighted by molar-refractivity contribution is 0.213. The predicted octanol–water partition coefficient (Wildman–Crippen LogP) is 3.13. The van der Waals surface area contributed by atoms with Crippen molar-refractivity contribution in [1.29, 1.82) is 0 Å². The molecule has 0 aromatic heterocycles. The average Bonchev–Trinajstić information content (AvgIpc) is 2.83. The van der Waals surface area contributed by atoms with Crippen LogP contribution in [0.5, 0.6) is 0 Å². The third kappa shape index (κ3) is 4.24. The molecule has 1 saturated heterocycles. The third-order valence-corrected chi connectivity index (χ3v) is 5.12. The molecule has 0 spiro atoms. The Morgan fingerprint density at radius 2 is 1.83 bits per heavy atom. The number of nitrogens with one attached hydrogen (secondary N) is 1. The maximum Gasteiger partial charge on any atom is 0.00699 e. The van der Waals surface area contributed by atoms with Crippen molar-refractivity contribution in [1.82, 2.24) is 10.2 Å². The summed E-state index contributed by atoms with van der Waals surface area (Å²) in [5.74, 6) is 2.65. The van der Waals surface area contributed by atoms with Crippen molar-refractivity contribution in [3.63, 3.8) is 0 Å². The molecule has 1 aliphatic heterocycles. The second-order valence-electron chi connectivity index (χ2n) is 6.99. The highest BCUT2D eigenvalue weighted by Crippen LogP contribution is 2.29. The van der Waals surface area contributed by atoms with Gasteiger partial charge in [0.05, 0.1) is 0 Å². The van der Waals surface area contributed by atoms with Crippen LogP contribution in [0.2, 0.25) is 0 Å². The van der Waals surface area contributed by atoms with Gasteiger partial charge in [-0.25, -0.2) is 0 Å². The summed E-state index contributed by atoms with van der Waals surface area (Å²) in [6.07, 6.45) is 7.02. The Balaban J connectivity index is 1.61. The zero-order valence-electron chi connectivity index (χ0n) is 12.6. The normalized spacial score (nSPS) is 35.8. The number of likely N-dealkylation sites (tertiary alicyclic amines) is 1. The van der Waals surface area contributed by atoms with Crippen LogP contribution >= 0.6 is 0 Å². The minimum atomic E-state index is 0.789. The summed E-state index contributed by atoms with van der Waals surface area (Å²) in [6, 6.07) is 0.789. The Kier molecular flexibility index (Phi) is 5.50. The number of hydrogen-bond donors (Lipinski definition) is 1. The second-order valence-corrected chi connectivity index (χ2v) is 6.99. The average molecular weight is 252 g/mol. The molecule has 0 aromatic carbocycles. The minimum Gasteiger partial charge on any atom is -0.314 e. The Morgan fingerprint density at radius 3 is 2.50 bits per heavy atom. The smallest absolute Gasteiger partial charge is 0.00699 e. The van der Waals surface area contributed by atoms with E-state index in [1.54, 1.807) is 0 Å². The Bertz CT molecular complexity index is 235. The number of nitrogens with zero attached hydrogens (tertiary/aromatic N) is 1. The van der Waals surface area contributed by atoms with E-state index in [4.69, 9.17) is 0 Å². The van der Waals surface area contributed by atoms with Gasteiger partial charge in [0, 0.05) is 12.6 Å². The molecule has 1 aliphatic carbocycles. The zero-order valence-corrected chi connectivity index (χ0v) is 12.6. The summed E-state index contributed by atoms with van der Waals surface area (Å²) < 4.78 is 0. The molecule has 4 unspecified atom stereocenters. The van der Waals surface area contributed by atoms with Crippen LogP contribution in [0.1, 0.15) is 52.9 Å². The molecule has 0 amide bonds. The maximum atomic E-state index is 3.82.